The fourth-order valence-electron chi connectivity index (χ4n) is 4.58. The van der Waals surface area contributed by atoms with Crippen LogP contribution in [-0.4, -0.2) is 36.0 Å². The van der Waals surface area contributed by atoms with Crippen LogP contribution < -0.4 is 15.4 Å². The van der Waals surface area contributed by atoms with Gasteiger partial charge in [-0.2, -0.15) is 0 Å². The number of methoxy groups -OCH3 is 1. The first-order chi connectivity index (χ1) is 17.4. The summed E-state index contributed by atoms with van der Waals surface area (Å²) < 4.78 is 5.19. The molecule has 7 heteroatoms. The molecule has 1 aliphatic rings. The molecule has 1 aliphatic carbocycles. The van der Waals surface area contributed by atoms with Gasteiger partial charge in [0.05, 0.1) is 12.5 Å². The van der Waals surface area contributed by atoms with Gasteiger partial charge in [0.2, 0.25) is 0 Å². The second-order valence-corrected chi connectivity index (χ2v) is 8.82. The van der Waals surface area contributed by atoms with E-state index in [-0.39, 0.29) is 18.2 Å². The summed E-state index contributed by atoms with van der Waals surface area (Å²) in [4.78, 5) is 38.5. The first-order valence-electron chi connectivity index (χ1n) is 11.7. The molecular formula is C29H28N2O5. The van der Waals surface area contributed by atoms with E-state index in [0.717, 1.165) is 5.56 Å². The minimum absolute atomic E-state index is 0.0709. The van der Waals surface area contributed by atoms with Crippen LogP contribution >= 0.6 is 0 Å². The van der Waals surface area contributed by atoms with Crippen LogP contribution in [0.15, 0.2) is 90.6 Å². The number of carboxylic acid groups (broad SMARTS) is 1. The van der Waals surface area contributed by atoms with E-state index in [0.29, 0.717) is 29.7 Å². The van der Waals surface area contributed by atoms with Crippen molar-refractivity contribution in [2.24, 2.45) is 0 Å². The van der Waals surface area contributed by atoms with Gasteiger partial charge in [-0.25, -0.2) is 0 Å². The molecule has 0 radical (unpaired) electrons. The molecule has 0 saturated heterocycles. The van der Waals surface area contributed by atoms with Crippen LogP contribution in [0.25, 0.3) is 6.08 Å². The zero-order valence-corrected chi connectivity index (χ0v) is 19.9. The summed E-state index contributed by atoms with van der Waals surface area (Å²) >= 11 is 0. The number of aliphatic carboxylic acids is 1. The fourth-order valence-corrected chi connectivity index (χ4v) is 4.58. The average molecular weight is 485 g/mol. The number of rotatable bonds is 8. The van der Waals surface area contributed by atoms with Crippen molar-refractivity contribution < 1.29 is 24.2 Å². The fraction of sp³-hybridized carbons (Fsp3) is 0.207. The van der Waals surface area contributed by atoms with Crippen molar-refractivity contribution in [3.05, 3.63) is 107 Å². The first kappa shape index (κ1) is 24.7. The van der Waals surface area contributed by atoms with Gasteiger partial charge in [0.25, 0.3) is 11.8 Å². The molecule has 4 rings (SSSR count). The molecule has 3 aromatic rings. The maximum atomic E-state index is 13.3. The Bertz CT molecular complexity index is 1260. The number of hydrogen-bond acceptors (Lipinski definition) is 4. The van der Waals surface area contributed by atoms with E-state index in [2.05, 4.69) is 10.6 Å². The van der Waals surface area contributed by atoms with Crippen molar-refractivity contribution in [1.82, 2.24) is 10.6 Å². The van der Waals surface area contributed by atoms with E-state index in [4.69, 9.17) is 4.74 Å². The van der Waals surface area contributed by atoms with Crippen LogP contribution in [0.3, 0.4) is 0 Å². The predicted octanol–water partition coefficient (Wildman–Crippen LogP) is 4.16. The lowest BCUT2D eigenvalue weighted by atomic mass is 9.79. The van der Waals surface area contributed by atoms with Gasteiger partial charge in [-0.05, 0) is 60.7 Å². The molecule has 7 nitrogen and oxygen atoms in total. The van der Waals surface area contributed by atoms with E-state index in [1.54, 1.807) is 67.8 Å². The van der Waals surface area contributed by atoms with Gasteiger partial charge in [-0.3, -0.25) is 14.4 Å². The monoisotopic (exact) mass is 484 g/mol. The van der Waals surface area contributed by atoms with Crippen LogP contribution in [0.2, 0.25) is 0 Å². The van der Waals surface area contributed by atoms with E-state index in [9.17, 15) is 19.5 Å². The Morgan fingerprint density at radius 1 is 0.944 bits per heavy atom. The van der Waals surface area contributed by atoms with Crippen molar-refractivity contribution >= 4 is 23.9 Å². The molecule has 1 fully saturated rings. The molecule has 1 saturated carbocycles. The number of carbonyl (C=O) groups excluding carboxylic acids is 2. The summed E-state index contributed by atoms with van der Waals surface area (Å²) in [7, 11) is 1.57. The Balaban J connectivity index is 1.56. The van der Waals surface area contributed by atoms with E-state index in [1.807, 2.05) is 30.3 Å². The minimum atomic E-state index is -1.06. The smallest absolute Gasteiger partial charge is 0.314 e. The van der Waals surface area contributed by atoms with Gasteiger partial charge < -0.3 is 20.5 Å². The lowest BCUT2D eigenvalue weighted by molar-refractivity contribution is -0.143. The van der Waals surface area contributed by atoms with Gasteiger partial charge in [0, 0.05) is 11.6 Å². The summed E-state index contributed by atoms with van der Waals surface area (Å²) in [6, 6.07) is 24.5. The number of benzene rings is 3. The molecule has 2 atom stereocenters. The average Bonchev–Trinajstić information content (AvgIpc) is 3.35. The van der Waals surface area contributed by atoms with Gasteiger partial charge in [0.1, 0.15) is 11.4 Å². The van der Waals surface area contributed by atoms with Crippen LogP contribution in [-0.2, 0) is 15.0 Å². The summed E-state index contributed by atoms with van der Waals surface area (Å²) in [5.74, 6) is -1.13. The Labute approximate surface area is 209 Å². The molecule has 0 aromatic heterocycles. The van der Waals surface area contributed by atoms with Gasteiger partial charge in [0.15, 0.2) is 0 Å². The Morgan fingerprint density at radius 3 is 2.19 bits per heavy atom. The van der Waals surface area contributed by atoms with Crippen molar-refractivity contribution in [3.63, 3.8) is 0 Å². The largest absolute Gasteiger partial charge is 0.497 e. The molecule has 2 amide bonds. The lowest BCUT2D eigenvalue weighted by Gasteiger charge is -2.25. The Hall–Kier alpha value is -4.39. The molecule has 0 heterocycles. The maximum Gasteiger partial charge on any atom is 0.314 e. The molecule has 36 heavy (non-hydrogen) atoms. The van der Waals surface area contributed by atoms with Gasteiger partial charge >= 0.3 is 5.97 Å². The van der Waals surface area contributed by atoms with Gasteiger partial charge in [-0.15, -0.1) is 0 Å². The maximum absolute atomic E-state index is 13.3. The molecule has 3 aromatic carbocycles. The van der Waals surface area contributed by atoms with Crippen molar-refractivity contribution in [2.45, 2.75) is 30.7 Å². The highest BCUT2D eigenvalue weighted by atomic mass is 16.5. The van der Waals surface area contributed by atoms with Crippen LogP contribution in [0.4, 0.5) is 0 Å². The molecule has 0 bridgehead atoms. The molecule has 0 unspecified atom stereocenters. The van der Waals surface area contributed by atoms with E-state index < -0.39 is 23.2 Å². The first-order valence-corrected chi connectivity index (χ1v) is 11.7. The summed E-state index contributed by atoms with van der Waals surface area (Å²) in [5, 5.41) is 15.7. The zero-order chi connectivity index (χ0) is 25.5. The second-order valence-electron chi connectivity index (χ2n) is 8.82. The van der Waals surface area contributed by atoms with E-state index in [1.165, 1.54) is 0 Å². The van der Waals surface area contributed by atoms with Crippen molar-refractivity contribution in [2.75, 3.05) is 7.11 Å². The third kappa shape index (κ3) is 5.46. The molecule has 0 aliphatic heterocycles. The third-order valence-electron chi connectivity index (χ3n) is 6.54. The number of ether oxygens (including phenoxy) is 1. The highest BCUT2D eigenvalue weighted by Crippen LogP contribution is 2.41. The quantitative estimate of drug-likeness (QED) is 0.417. The van der Waals surface area contributed by atoms with Crippen LogP contribution in [0.5, 0.6) is 5.75 Å². The summed E-state index contributed by atoms with van der Waals surface area (Å²) in [6.45, 7) is 0. The highest BCUT2D eigenvalue weighted by Gasteiger charge is 2.47. The lowest BCUT2D eigenvalue weighted by Crippen LogP contribution is -2.41. The molecule has 0 spiro atoms. The topological polar surface area (TPSA) is 105 Å². The Kier molecular flexibility index (Phi) is 7.49. The number of carboxylic acids is 1. The SMILES string of the molecule is COc1ccc(/C=C(\NC(=O)c2ccccc2)C(=O)N[C@@H]2CC[C@@](C(=O)O)(c3ccccc3)C2)cc1. The van der Waals surface area contributed by atoms with Gasteiger partial charge in [-0.1, -0.05) is 60.7 Å². The summed E-state index contributed by atoms with van der Waals surface area (Å²) in [6.07, 6.45) is 2.77. The normalized spacial score (nSPS) is 19.4. The number of amides is 2. The van der Waals surface area contributed by atoms with Crippen LogP contribution in [0.1, 0.15) is 40.7 Å². The second kappa shape index (κ2) is 10.9. The highest BCUT2D eigenvalue weighted by molar-refractivity contribution is 6.05. The predicted molar refractivity (Wildman–Crippen MR) is 136 cm³/mol. The minimum Gasteiger partial charge on any atom is -0.497 e. The molecular weight excluding hydrogens is 456 g/mol. The molecule has 3 N–H and O–H groups in total. The summed E-state index contributed by atoms with van der Waals surface area (Å²) in [5.41, 5.74) is 0.847. The standard InChI is InChI=1S/C29H28N2O5/c1-36-24-14-12-20(13-15-24)18-25(31-26(32)21-8-4-2-5-9-21)27(33)30-23-16-17-29(19-23,28(34)35)22-10-6-3-7-11-22/h2-15,18,23H,16-17,19H2,1H3,(H,30,33)(H,31,32)(H,34,35)/b25-18-/t23-,29+/m1/s1. The molecule has 184 valence electrons. The van der Waals surface area contributed by atoms with Crippen LogP contribution in [0, 0.1) is 0 Å². The third-order valence-corrected chi connectivity index (χ3v) is 6.54. The van der Waals surface area contributed by atoms with Crippen molar-refractivity contribution in [1.29, 1.82) is 0 Å². The van der Waals surface area contributed by atoms with E-state index >= 15 is 0 Å². The number of hydrogen-bond donors (Lipinski definition) is 3. The Morgan fingerprint density at radius 2 is 1.58 bits per heavy atom. The zero-order valence-electron chi connectivity index (χ0n) is 19.9. The van der Waals surface area contributed by atoms with Crippen molar-refractivity contribution in [3.8, 4) is 5.75 Å². The number of nitrogens with one attached hydrogen (secondary N) is 2. The number of carbonyl (C=O) groups is 3.